The molecule has 1 aliphatic rings. The van der Waals surface area contributed by atoms with Crippen molar-refractivity contribution in [3.8, 4) is 0 Å². The molecule has 3 rings (SSSR count). The molecule has 7 heteroatoms. The van der Waals surface area contributed by atoms with E-state index in [1.807, 2.05) is 0 Å². The van der Waals surface area contributed by atoms with Gasteiger partial charge in [0.25, 0.3) is 0 Å². The zero-order chi connectivity index (χ0) is 18.7. The van der Waals surface area contributed by atoms with Gasteiger partial charge >= 0.3 is 0 Å². The first-order valence-electron chi connectivity index (χ1n) is 8.27. The first kappa shape index (κ1) is 18.6. The van der Waals surface area contributed by atoms with Crippen LogP contribution in [0.1, 0.15) is 29.6 Å². The molecule has 0 heterocycles. The summed E-state index contributed by atoms with van der Waals surface area (Å²) in [7, 11) is -3.58. The Morgan fingerprint density at radius 2 is 1.77 bits per heavy atom. The van der Waals surface area contributed by atoms with Gasteiger partial charge in [0.1, 0.15) is 0 Å². The van der Waals surface area contributed by atoms with E-state index in [9.17, 15) is 18.0 Å². The molecule has 2 aromatic rings. The highest BCUT2D eigenvalue weighted by molar-refractivity contribution is 7.91. The summed E-state index contributed by atoms with van der Waals surface area (Å²) in [4.78, 5) is 24.1. The van der Waals surface area contributed by atoms with Crippen LogP contribution >= 0.6 is 11.6 Å². The van der Waals surface area contributed by atoms with Crippen LogP contribution in [0.5, 0.6) is 0 Å². The lowest BCUT2D eigenvalue weighted by molar-refractivity contribution is -0.115. The van der Waals surface area contributed by atoms with Crippen molar-refractivity contribution < 1.29 is 18.0 Å². The van der Waals surface area contributed by atoms with Gasteiger partial charge in [-0.1, -0.05) is 17.7 Å². The van der Waals surface area contributed by atoms with Crippen LogP contribution in [0.4, 0.5) is 5.69 Å². The van der Waals surface area contributed by atoms with Crippen LogP contribution in [0.15, 0.2) is 53.4 Å². The largest absolute Gasteiger partial charge is 0.326 e. The number of benzene rings is 2. The Balaban J connectivity index is 1.56. The molecule has 0 bridgehead atoms. The Labute approximate surface area is 157 Å². The number of hydrogen-bond acceptors (Lipinski definition) is 4. The van der Waals surface area contributed by atoms with E-state index >= 15 is 0 Å². The number of amides is 1. The van der Waals surface area contributed by atoms with Gasteiger partial charge in [-0.25, -0.2) is 8.42 Å². The fraction of sp³-hybridized carbons (Fsp3) is 0.263. The Hall–Kier alpha value is -2.18. The summed E-state index contributed by atoms with van der Waals surface area (Å²) >= 11 is 5.81. The molecule has 0 aliphatic heterocycles. The fourth-order valence-corrected chi connectivity index (χ4v) is 4.07. The minimum Gasteiger partial charge on any atom is -0.326 e. The maximum absolute atomic E-state index is 12.3. The third kappa shape index (κ3) is 4.71. The maximum Gasteiger partial charge on any atom is 0.225 e. The Morgan fingerprint density at radius 3 is 2.38 bits per heavy atom. The topological polar surface area (TPSA) is 80.3 Å². The van der Waals surface area contributed by atoms with E-state index < -0.39 is 15.7 Å². The van der Waals surface area contributed by atoms with E-state index in [4.69, 9.17) is 11.6 Å². The van der Waals surface area contributed by atoms with E-state index in [1.165, 1.54) is 12.1 Å². The number of hydrogen-bond donors (Lipinski definition) is 1. The second kappa shape index (κ2) is 7.60. The van der Waals surface area contributed by atoms with Crippen molar-refractivity contribution in [1.82, 2.24) is 0 Å². The number of carbonyl (C=O) groups excluding carboxylic acids is 2. The van der Waals surface area contributed by atoms with Gasteiger partial charge in [-0.05, 0) is 55.3 Å². The number of sulfone groups is 1. The van der Waals surface area contributed by atoms with Crippen LogP contribution in [0.3, 0.4) is 0 Å². The lowest BCUT2D eigenvalue weighted by atomic mass is 10.1. The van der Waals surface area contributed by atoms with Crippen LogP contribution < -0.4 is 5.32 Å². The number of anilines is 1. The molecule has 1 saturated carbocycles. The molecule has 26 heavy (non-hydrogen) atoms. The second-order valence-corrected chi connectivity index (χ2v) is 8.84. The zero-order valence-corrected chi connectivity index (χ0v) is 15.5. The van der Waals surface area contributed by atoms with Crippen molar-refractivity contribution >= 4 is 38.8 Å². The standard InChI is InChI=1S/C19H18ClNO4S/c20-15-2-1-3-17(12-15)26(24,25)11-10-18(22)21-16-8-6-14(7-9-16)19(23)13-4-5-13/h1-3,6-9,12-13H,4-5,10-11H2,(H,21,22). The second-order valence-electron chi connectivity index (χ2n) is 6.29. The van der Waals surface area contributed by atoms with Crippen LogP contribution in [0, 0.1) is 5.92 Å². The molecule has 2 aromatic carbocycles. The average molecular weight is 392 g/mol. The highest BCUT2D eigenvalue weighted by Gasteiger charge is 2.30. The number of halogens is 1. The van der Waals surface area contributed by atoms with Gasteiger partial charge in [-0.2, -0.15) is 0 Å². The molecule has 0 atom stereocenters. The van der Waals surface area contributed by atoms with Crippen molar-refractivity contribution in [1.29, 1.82) is 0 Å². The summed E-state index contributed by atoms with van der Waals surface area (Å²) in [6.07, 6.45) is 1.72. The first-order chi connectivity index (χ1) is 12.3. The van der Waals surface area contributed by atoms with Gasteiger partial charge in [0.15, 0.2) is 15.6 Å². The Kier molecular flexibility index (Phi) is 5.44. The Morgan fingerprint density at radius 1 is 1.08 bits per heavy atom. The maximum atomic E-state index is 12.3. The highest BCUT2D eigenvalue weighted by atomic mass is 35.5. The predicted octanol–water partition coefficient (Wildman–Crippen LogP) is 3.74. The van der Waals surface area contributed by atoms with Gasteiger partial charge in [-0.15, -0.1) is 0 Å². The molecule has 0 spiro atoms. The summed E-state index contributed by atoms with van der Waals surface area (Å²) in [5.74, 6) is -0.434. The lowest BCUT2D eigenvalue weighted by Crippen LogP contribution is -2.17. The van der Waals surface area contributed by atoms with Gasteiger partial charge in [0.05, 0.1) is 10.6 Å². The number of Topliss-reactive ketones (excluding diaryl/α,β-unsaturated/α-hetero) is 1. The number of nitrogens with one attached hydrogen (secondary N) is 1. The van der Waals surface area contributed by atoms with Crippen molar-refractivity contribution in [3.63, 3.8) is 0 Å². The third-order valence-corrected chi connectivity index (χ3v) is 6.10. The van der Waals surface area contributed by atoms with Crippen molar-refractivity contribution in [3.05, 3.63) is 59.1 Å². The molecular formula is C19H18ClNO4S. The average Bonchev–Trinajstić information content (AvgIpc) is 3.45. The lowest BCUT2D eigenvalue weighted by Gasteiger charge is -2.07. The number of carbonyl (C=O) groups is 2. The summed E-state index contributed by atoms with van der Waals surface area (Å²) in [6.45, 7) is 0. The van der Waals surface area contributed by atoms with Crippen LogP contribution in [-0.4, -0.2) is 25.9 Å². The van der Waals surface area contributed by atoms with E-state index in [2.05, 4.69) is 5.32 Å². The fourth-order valence-electron chi connectivity index (χ4n) is 2.53. The SMILES string of the molecule is O=C(CCS(=O)(=O)c1cccc(Cl)c1)Nc1ccc(C(=O)C2CC2)cc1. The normalized spacial score (nSPS) is 14.0. The van der Waals surface area contributed by atoms with Gasteiger partial charge in [-0.3, -0.25) is 9.59 Å². The molecule has 1 N–H and O–H groups in total. The number of ketones is 1. The van der Waals surface area contributed by atoms with Crippen molar-refractivity contribution in [2.45, 2.75) is 24.2 Å². The summed E-state index contributed by atoms with van der Waals surface area (Å²) in [5.41, 5.74) is 1.16. The first-order valence-corrected chi connectivity index (χ1v) is 10.3. The molecule has 5 nitrogen and oxygen atoms in total. The summed E-state index contributed by atoms with van der Waals surface area (Å²) in [6, 6.07) is 12.6. The van der Waals surface area contributed by atoms with E-state index in [1.54, 1.807) is 36.4 Å². The molecule has 1 amide bonds. The molecule has 0 saturated heterocycles. The van der Waals surface area contributed by atoms with E-state index in [-0.39, 0.29) is 28.8 Å². The van der Waals surface area contributed by atoms with Gasteiger partial charge in [0, 0.05) is 28.6 Å². The molecule has 1 aliphatic carbocycles. The van der Waals surface area contributed by atoms with E-state index in [0.29, 0.717) is 16.3 Å². The smallest absolute Gasteiger partial charge is 0.225 e. The molecule has 136 valence electrons. The predicted molar refractivity (Wildman–Crippen MR) is 100 cm³/mol. The highest BCUT2D eigenvalue weighted by Crippen LogP contribution is 2.32. The van der Waals surface area contributed by atoms with E-state index in [0.717, 1.165) is 12.8 Å². The van der Waals surface area contributed by atoms with Crippen LogP contribution in [0.25, 0.3) is 0 Å². The van der Waals surface area contributed by atoms with Crippen LogP contribution in [0.2, 0.25) is 5.02 Å². The Bertz CT molecular complexity index is 934. The molecule has 0 radical (unpaired) electrons. The van der Waals surface area contributed by atoms with Gasteiger partial charge < -0.3 is 5.32 Å². The molecule has 0 unspecified atom stereocenters. The summed E-state index contributed by atoms with van der Waals surface area (Å²) in [5, 5.41) is 2.98. The monoisotopic (exact) mass is 391 g/mol. The third-order valence-electron chi connectivity index (χ3n) is 4.15. The van der Waals surface area contributed by atoms with Crippen molar-refractivity contribution in [2.75, 3.05) is 11.1 Å². The quantitative estimate of drug-likeness (QED) is 0.729. The molecular weight excluding hydrogens is 374 g/mol. The zero-order valence-electron chi connectivity index (χ0n) is 13.9. The van der Waals surface area contributed by atoms with Crippen LogP contribution in [-0.2, 0) is 14.6 Å². The van der Waals surface area contributed by atoms with Gasteiger partial charge in [0.2, 0.25) is 5.91 Å². The summed E-state index contributed by atoms with van der Waals surface area (Å²) < 4.78 is 24.5. The van der Waals surface area contributed by atoms with Crippen molar-refractivity contribution in [2.24, 2.45) is 5.92 Å². The molecule has 1 fully saturated rings. The molecule has 0 aromatic heterocycles. The minimum atomic E-state index is -3.58. The number of rotatable bonds is 7. The minimum absolute atomic E-state index is 0.0979.